The Morgan fingerprint density at radius 3 is 2.47 bits per heavy atom. The Bertz CT molecular complexity index is 1100. The van der Waals surface area contributed by atoms with E-state index in [1.54, 1.807) is 19.9 Å². The molecule has 36 heavy (non-hydrogen) atoms. The van der Waals surface area contributed by atoms with Gasteiger partial charge in [-0.15, -0.1) is 0 Å². The second-order valence-corrected chi connectivity index (χ2v) is 10.2. The molecule has 0 saturated carbocycles. The molecule has 198 valence electrons. The predicted octanol–water partition coefficient (Wildman–Crippen LogP) is 2.68. The average molecular weight is 524 g/mol. The summed E-state index contributed by atoms with van der Waals surface area (Å²) in [7, 11) is -4.46. The van der Waals surface area contributed by atoms with Gasteiger partial charge in [-0.05, 0) is 55.7 Å². The van der Waals surface area contributed by atoms with Gasteiger partial charge in [0.15, 0.2) is 5.76 Å². The number of nitrogens with zero attached hydrogens (tertiary/aromatic N) is 1. The molecule has 2 rings (SSSR count). The molecule has 0 aliphatic carbocycles. The van der Waals surface area contributed by atoms with Gasteiger partial charge in [0.05, 0.1) is 23.9 Å². The molecule has 2 atom stereocenters. The fourth-order valence-corrected chi connectivity index (χ4v) is 4.64. The molecule has 0 unspecified atom stereocenters. The van der Waals surface area contributed by atoms with E-state index in [4.69, 9.17) is 4.42 Å². The number of carbonyl (C=O) groups is 3. The monoisotopic (exact) mass is 523 g/mol. The summed E-state index contributed by atoms with van der Waals surface area (Å²) in [6.07, 6.45) is 3.74. The number of hydrogen-bond acceptors (Lipinski definition) is 6. The topological polar surface area (TPSA) is 169 Å². The maximum absolute atomic E-state index is 12.8. The lowest BCUT2D eigenvalue weighted by atomic mass is 9.90. The number of hydrogen-bond donors (Lipinski definition) is 5. The van der Waals surface area contributed by atoms with Gasteiger partial charge in [-0.2, -0.15) is 0 Å². The molecule has 0 radical (unpaired) electrons. The lowest BCUT2D eigenvalue weighted by Crippen LogP contribution is -2.47. The first-order valence-corrected chi connectivity index (χ1v) is 13.4. The molecule has 11 nitrogen and oxygen atoms in total. The van der Waals surface area contributed by atoms with Crippen LogP contribution in [0.5, 0.6) is 0 Å². The van der Waals surface area contributed by atoms with Gasteiger partial charge in [-0.25, -0.2) is 5.06 Å². The Hall–Kier alpha value is -2.98. The molecule has 2 aromatic rings. The summed E-state index contributed by atoms with van der Waals surface area (Å²) >= 11 is 0. The van der Waals surface area contributed by atoms with E-state index in [1.807, 2.05) is 6.92 Å². The summed E-state index contributed by atoms with van der Waals surface area (Å²) in [5.74, 6) is -1.44. The minimum Gasteiger partial charge on any atom is -0.451 e. The molecule has 0 aliphatic rings. The molecule has 1 aromatic carbocycles. The average Bonchev–Trinajstić information content (AvgIpc) is 3.33. The summed E-state index contributed by atoms with van der Waals surface area (Å²) in [6.45, 7) is 5.28. The third-order valence-corrected chi connectivity index (χ3v) is 6.74. The molecule has 3 amide bonds. The number of nitrogens with one attached hydrogen (secondary N) is 2. The van der Waals surface area contributed by atoms with Crippen LogP contribution >= 0.6 is 7.60 Å². The molecule has 1 aromatic heterocycles. The second kappa shape index (κ2) is 13.4. The standard InChI is InChI=1S/C24H34N3O8P/c1-4-6-7-8-19(20(5-2)27(31)15-28)23(29)25-14-26-24(30)22-10-9-21(35-22)17-11-16(3)12-18(13-17)36(32,33)34/h9-13,15,19-20,31H,4-8,14H2,1-3H3,(H,25,29)(H,26,30)(H2,32,33,34)/t19-,20-/m1/s1. The maximum Gasteiger partial charge on any atom is 0.356 e. The molecule has 0 fully saturated rings. The zero-order valence-electron chi connectivity index (χ0n) is 20.6. The first kappa shape index (κ1) is 29.3. The van der Waals surface area contributed by atoms with Crippen LogP contribution in [0.3, 0.4) is 0 Å². The Morgan fingerprint density at radius 1 is 1.14 bits per heavy atom. The third-order valence-electron chi connectivity index (χ3n) is 5.81. The van der Waals surface area contributed by atoms with Gasteiger partial charge < -0.3 is 24.8 Å². The zero-order chi connectivity index (χ0) is 26.9. The van der Waals surface area contributed by atoms with Crippen molar-refractivity contribution in [2.24, 2.45) is 5.92 Å². The highest BCUT2D eigenvalue weighted by Gasteiger charge is 2.30. The van der Waals surface area contributed by atoms with Crippen molar-refractivity contribution in [2.45, 2.75) is 58.9 Å². The lowest BCUT2D eigenvalue weighted by Gasteiger charge is -2.29. The van der Waals surface area contributed by atoms with Crippen molar-refractivity contribution in [1.29, 1.82) is 0 Å². The summed E-state index contributed by atoms with van der Waals surface area (Å²) in [5, 5.41) is 15.4. The van der Waals surface area contributed by atoms with Crippen LogP contribution in [0.4, 0.5) is 0 Å². The van der Waals surface area contributed by atoms with Crippen molar-refractivity contribution in [2.75, 3.05) is 6.67 Å². The van der Waals surface area contributed by atoms with Gasteiger partial charge in [0, 0.05) is 5.56 Å². The molecule has 0 saturated heterocycles. The van der Waals surface area contributed by atoms with E-state index in [0.29, 0.717) is 29.0 Å². The number of rotatable bonds is 14. The SMILES string of the molecule is CCCCC[C@@H](C(=O)NCNC(=O)c1ccc(-c2cc(C)cc(P(=O)(O)O)c2)o1)[C@@H](CC)N(O)C=O. The van der Waals surface area contributed by atoms with Crippen molar-refractivity contribution in [3.05, 3.63) is 41.7 Å². The summed E-state index contributed by atoms with van der Waals surface area (Å²) in [5.41, 5.74) is 1.02. The molecule has 0 spiro atoms. The van der Waals surface area contributed by atoms with Crippen molar-refractivity contribution < 1.29 is 38.4 Å². The van der Waals surface area contributed by atoms with E-state index >= 15 is 0 Å². The highest BCUT2D eigenvalue weighted by molar-refractivity contribution is 7.60. The number of benzene rings is 1. The van der Waals surface area contributed by atoms with Crippen LogP contribution in [0.25, 0.3) is 11.3 Å². The van der Waals surface area contributed by atoms with Crippen molar-refractivity contribution in [1.82, 2.24) is 15.7 Å². The Labute approximate surface area is 210 Å². The Morgan fingerprint density at radius 2 is 1.86 bits per heavy atom. The maximum atomic E-state index is 12.8. The van der Waals surface area contributed by atoms with Crippen molar-refractivity contribution >= 4 is 31.1 Å². The molecular weight excluding hydrogens is 489 g/mol. The van der Waals surface area contributed by atoms with Gasteiger partial charge in [0.2, 0.25) is 12.3 Å². The van der Waals surface area contributed by atoms with Crippen molar-refractivity contribution in [3.8, 4) is 11.3 Å². The summed E-state index contributed by atoms with van der Waals surface area (Å²) in [4.78, 5) is 55.3. The van der Waals surface area contributed by atoms with E-state index in [9.17, 15) is 33.9 Å². The minimum absolute atomic E-state index is 0.0492. The molecule has 5 N–H and O–H groups in total. The Kier molecular flexibility index (Phi) is 10.9. The van der Waals surface area contributed by atoms with E-state index in [2.05, 4.69) is 10.6 Å². The van der Waals surface area contributed by atoms with Gasteiger partial charge in [-0.3, -0.25) is 24.2 Å². The van der Waals surface area contributed by atoms with Crippen LogP contribution in [0.15, 0.2) is 34.7 Å². The number of carbonyl (C=O) groups excluding carboxylic acids is 3. The van der Waals surface area contributed by atoms with Crippen molar-refractivity contribution in [3.63, 3.8) is 0 Å². The molecular formula is C24H34N3O8P. The lowest BCUT2D eigenvalue weighted by molar-refractivity contribution is -0.168. The van der Waals surface area contributed by atoms with Gasteiger partial charge >= 0.3 is 7.60 Å². The first-order valence-electron chi connectivity index (χ1n) is 11.8. The van der Waals surface area contributed by atoms with Gasteiger partial charge in [0.25, 0.3) is 5.91 Å². The van der Waals surface area contributed by atoms with Crippen LogP contribution in [0.2, 0.25) is 0 Å². The largest absolute Gasteiger partial charge is 0.451 e. The molecule has 12 heteroatoms. The summed E-state index contributed by atoms with van der Waals surface area (Å²) in [6, 6.07) is 6.60. The quantitative estimate of drug-likeness (QED) is 0.0629. The van der Waals surface area contributed by atoms with Crippen LogP contribution in [-0.4, -0.2) is 51.0 Å². The summed E-state index contributed by atoms with van der Waals surface area (Å²) < 4.78 is 17.2. The number of amides is 3. The predicted molar refractivity (Wildman–Crippen MR) is 132 cm³/mol. The van der Waals surface area contributed by atoms with Gasteiger partial charge in [-0.1, -0.05) is 33.1 Å². The molecule has 0 bridgehead atoms. The van der Waals surface area contributed by atoms with Crippen LogP contribution in [0.1, 0.15) is 62.1 Å². The number of unbranched alkanes of at least 4 members (excludes halogenated alkanes) is 2. The van der Waals surface area contributed by atoms with E-state index in [1.165, 1.54) is 24.3 Å². The molecule has 1 heterocycles. The van der Waals surface area contributed by atoms with Crippen LogP contribution < -0.4 is 15.9 Å². The fraction of sp³-hybridized carbons (Fsp3) is 0.458. The minimum atomic E-state index is -4.46. The number of hydroxylamine groups is 2. The molecule has 0 aliphatic heterocycles. The van der Waals surface area contributed by atoms with Crippen LogP contribution in [-0.2, 0) is 14.2 Å². The smallest absolute Gasteiger partial charge is 0.356 e. The number of aryl methyl sites for hydroxylation is 1. The zero-order valence-corrected chi connectivity index (χ0v) is 21.5. The first-order chi connectivity index (χ1) is 17.0. The Balaban J connectivity index is 2.04. The highest BCUT2D eigenvalue weighted by Crippen LogP contribution is 2.35. The highest BCUT2D eigenvalue weighted by atomic mass is 31.2. The second-order valence-electron chi connectivity index (χ2n) is 8.55. The number of furan rings is 1. The fourth-order valence-electron chi connectivity index (χ4n) is 3.96. The normalized spacial score (nSPS) is 13.1. The third kappa shape index (κ3) is 8.03. The van der Waals surface area contributed by atoms with E-state index in [-0.39, 0.29) is 29.9 Å². The van der Waals surface area contributed by atoms with Gasteiger partial charge in [0.1, 0.15) is 5.76 Å². The van der Waals surface area contributed by atoms with Crippen LogP contribution in [0, 0.1) is 12.8 Å². The van der Waals surface area contributed by atoms with E-state index < -0.39 is 31.4 Å². The van der Waals surface area contributed by atoms with E-state index in [0.717, 1.165) is 19.3 Å².